The van der Waals surface area contributed by atoms with Crippen molar-refractivity contribution in [1.82, 2.24) is 14.8 Å². The molecular formula is C16H18ClN5. The molecule has 1 aromatic carbocycles. The van der Waals surface area contributed by atoms with Gasteiger partial charge in [-0.25, -0.2) is 10.2 Å². The lowest BCUT2D eigenvalue weighted by Gasteiger charge is -2.27. The molecule has 1 atom stereocenters. The number of aromatic nitrogens is 3. The van der Waals surface area contributed by atoms with Crippen LogP contribution in [0.4, 0.5) is 0 Å². The fourth-order valence-corrected chi connectivity index (χ4v) is 2.43. The highest BCUT2D eigenvalue weighted by Gasteiger charge is 2.32. The van der Waals surface area contributed by atoms with Gasteiger partial charge in [0.1, 0.15) is 18.1 Å². The van der Waals surface area contributed by atoms with Gasteiger partial charge in [0, 0.05) is 11.6 Å². The number of nitrogens with zero attached hydrogens (tertiary/aromatic N) is 5. The van der Waals surface area contributed by atoms with Gasteiger partial charge < -0.3 is 0 Å². The van der Waals surface area contributed by atoms with E-state index >= 15 is 0 Å². The van der Waals surface area contributed by atoms with Crippen molar-refractivity contribution < 1.29 is 0 Å². The molecule has 0 saturated carbocycles. The Balaban J connectivity index is 0.00000116. The third-order valence-corrected chi connectivity index (χ3v) is 3.72. The Hall–Kier alpha value is -2.37. The molecule has 1 unspecified atom stereocenters. The molecule has 5 nitrogen and oxygen atoms in total. The van der Waals surface area contributed by atoms with Crippen LogP contribution >= 0.6 is 11.6 Å². The fourth-order valence-electron chi connectivity index (χ4n) is 2.31. The molecule has 6 heteroatoms. The van der Waals surface area contributed by atoms with Crippen LogP contribution in [0.1, 0.15) is 31.7 Å². The molecule has 0 aliphatic heterocycles. The number of rotatable bonds is 6. The molecule has 1 heterocycles. The van der Waals surface area contributed by atoms with Gasteiger partial charge in [0.05, 0.1) is 12.6 Å². The molecule has 0 aliphatic carbocycles. The van der Waals surface area contributed by atoms with Gasteiger partial charge >= 0.3 is 0 Å². The van der Waals surface area contributed by atoms with E-state index in [0.29, 0.717) is 11.6 Å². The Kier molecular flexibility index (Phi) is 7.08. The van der Waals surface area contributed by atoms with Crippen LogP contribution in [0.2, 0.25) is 5.02 Å². The third-order valence-electron chi connectivity index (χ3n) is 3.47. The molecule has 0 saturated heterocycles. The summed E-state index contributed by atoms with van der Waals surface area (Å²) in [7, 11) is 0. The number of hydrogen-bond acceptors (Lipinski definition) is 4. The number of benzene rings is 1. The molecule has 0 bridgehead atoms. The maximum absolute atomic E-state index is 9.78. The van der Waals surface area contributed by atoms with Crippen LogP contribution in [0.15, 0.2) is 36.9 Å². The van der Waals surface area contributed by atoms with Crippen molar-refractivity contribution in [2.45, 2.75) is 38.1 Å². The van der Waals surface area contributed by atoms with Crippen molar-refractivity contribution in [1.29, 1.82) is 10.5 Å². The average molecular weight is 316 g/mol. The first kappa shape index (κ1) is 17.7. The third kappa shape index (κ3) is 4.31. The lowest BCUT2D eigenvalue weighted by atomic mass is 9.77. The van der Waals surface area contributed by atoms with Gasteiger partial charge in [-0.1, -0.05) is 43.5 Å². The second kappa shape index (κ2) is 8.81. The summed E-state index contributed by atoms with van der Waals surface area (Å²) < 4.78 is 1.72. The fraction of sp³-hybridized carbons (Fsp3) is 0.375. The van der Waals surface area contributed by atoms with Gasteiger partial charge in [0.25, 0.3) is 0 Å². The van der Waals surface area contributed by atoms with Crippen molar-refractivity contribution >= 4 is 11.6 Å². The first-order valence-electron chi connectivity index (χ1n) is 6.96. The first-order chi connectivity index (χ1) is 10.7. The predicted octanol–water partition coefficient (Wildman–Crippen LogP) is 3.72. The summed E-state index contributed by atoms with van der Waals surface area (Å²) in [5.74, 6) is 0. The monoisotopic (exact) mass is 315 g/mol. The lowest BCUT2D eigenvalue weighted by Crippen LogP contribution is -2.30. The van der Waals surface area contributed by atoms with Crippen molar-refractivity contribution in [3.05, 3.63) is 47.5 Å². The van der Waals surface area contributed by atoms with Crippen LogP contribution in [0, 0.1) is 23.2 Å². The minimum atomic E-state index is -0.589. The Morgan fingerprint density at radius 2 is 2.00 bits per heavy atom. The van der Waals surface area contributed by atoms with Crippen molar-refractivity contribution in [2.75, 3.05) is 0 Å². The highest BCUT2D eigenvalue weighted by molar-refractivity contribution is 6.30. The molecule has 0 aliphatic rings. The minimum Gasteiger partial charge on any atom is -0.251 e. The summed E-state index contributed by atoms with van der Waals surface area (Å²) in [5.41, 5.74) is 0.391. The maximum atomic E-state index is 9.78. The molecule has 2 rings (SSSR count). The smallest absolute Gasteiger partial charge is 0.137 e. The van der Waals surface area contributed by atoms with E-state index < -0.39 is 5.41 Å². The van der Waals surface area contributed by atoms with Gasteiger partial charge in [0.2, 0.25) is 0 Å². The lowest BCUT2D eigenvalue weighted by molar-refractivity contribution is 0.390. The summed E-state index contributed by atoms with van der Waals surface area (Å²) in [4.78, 5) is 3.95. The van der Waals surface area contributed by atoms with Gasteiger partial charge in [-0.2, -0.15) is 10.4 Å². The average Bonchev–Trinajstić information content (AvgIpc) is 3.07. The van der Waals surface area contributed by atoms with Crippen molar-refractivity contribution in [3.8, 4) is 12.6 Å². The van der Waals surface area contributed by atoms with Gasteiger partial charge in [-0.3, -0.25) is 4.68 Å². The van der Waals surface area contributed by atoms with Crippen molar-refractivity contribution in [3.63, 3.8) is 0 Å². The molecule has 0 amide bonds. The van der Waals surface area contributed by atoms with E-state index in [0.717, 1.165) is 24.8 Å². The Morgan fingerprint density at radius 1 is 1.32 bits per heavy atom. The zero-order valence-corrected chi connectivity index (χ0v) is 13.2. The van der Waals surface area contributed by atoms with E-state index in [4.69, 9.17) is 16.9 Å². The molecule has 0 N–H and O–H groups in total. The summed E-state index contributed by atoms with van der Waals surface area (Å²) in [5, 5.41) is 21.1. The highest BCUT2D eigenvalue weighted by atomic mass is 35.5. The number of unbranched alkanes of at least 4 members (excludes halogenated alkanes) is 1. The quantitative estimate of drug-likeness (QED) is 0.813. The number of halogens is 1. The van der Waals surface area contributed by atoms with Crippen LogP contribution < -0.4 is 0 Å². The summed E-state index contributed by atoms with van der Waals surface area (Å²) in [6, 6.07) is 10.0. The topological polar surface area (TPSA) is 78.3 Å². The number of hydrogen-bond donors (Lipinski definition) is 0. The highest BCUT2D eigenvalue weighted by Crippen LogP contribution is 2.32. The molecule has 2 aromatic rings. The van der Waals surface area contributed by atoms with E-state index in [2.05, 4.69) is 29.6 Å². The molecule has 1 aromatic heterocycles. The molecule has 0 spiro atoms. The Morgan fingerprint density at radius 3 is 2.50 bits per heavy atom. The van der Waals surface area contributed by atoms with E-state index in [1.54, 1.807) is 11.0 Å². The largest absolute Gasteiger partial charge is 0.251 e. The molecule has 0 radical (unpaired) electrons. The standard InChI is InChI=1S/C15H17ClN4.CHN/c1-2-3-8-15(9-17,10-20-12-18-11-19-20)13-4-6-14(16)7-5-13;1-2/h4-7,11-12H,2-3,8,10H2,1H3;1H. The first-order valence-corrected chi connectivity index (χ1v) is 7.33. The van der Waals surface area contributed by atoms with Gasteiger partial charge in [-0.15, -0.1) is 0 Å². The molecule has 114 valence electrons. The van der Waals surface area contributed by atoms with E-state index in [-0.39, 0.29) is 0 Å². The van der Waals surface area contributed by atoms with Crippen LogP contribution in [-0.4, -0.2) is 14.8 Å². The predicted molar refractivity (Wildman–Crippen MR) is 85.0 cm³/mol. The van der Waals surface area contributed by atoms with Crippen LogP contribution in [0.3, 0.4) is 0 Å². The van der Waals surface area contributed by atoms with Gasteiger partial charge in [-0.05, 0) is 24.1 Å². The van der Waals surface area contributed by atoms with Crippen LogP contribution in [-0.2, 0) is 12.0 Å². The van der Waals surface area contributed by atoms with E-state index in [9.17, 15) is 5.26 Å². The molecule has 0 fully saturated rings. The van der Waals surface area contributed by atoms with Crippen LogP contribution in [0.25, 0.3) is 0 Å². The van der Waals surface area contributed by atoms with E-state index in [1.165, 1.54) is 6.33 Å². The summed E-state index contributed by atoms with van der Waals surface area (Å²) >= 11 is 5.94. The van der Waals surface area contributed by atoms with Crippen molar-refractivity contribution in [2.24, 2.45) is 0 Å². The molecular weight excluding hydrogens is 298 g/mol. The SMILES string of the molecule is C#N.CCCCC(C#N)(Cn1cncn1)c1ccc(Cl)cc1. The normalized spacial score (nSPS) is 12.5. The van der Waals surface area contributed by atoms with Crippen LogP contribution in [0.5, 0.6) is 0 Å². The Bertz CT molecular complexity index is 612. The zero-order chi connectivity index (χ0) is 16.4. The number of nitriles is 2. The van der Waals surface area contributed by atoms with E-state index in [1.807, 2.05) is 24.3 Å². The maximum Gasteiger partial charge on any atom is 0.137 e. The second-order valence-electron chi connectivity index (χ2n) is 4.90. The summed E-state index contributed by atoms with van der Waals surface area (Å²) in [6.07, 6.45) is 5.97. The second-order valence-corrected chi connectivity index (χ2v) is 5.33. The zero-order valence-electron chi connectivity index (χ0n) is 12.5. The van der Waals surface area contributed by atoms with Gasteiger partial charge in [0.15, 0.2) is 0 Å². The minimum absolute atomic E-state index is 0.505. The Labute approximate surface area is 135 Å². The summed E-state index contributed by atoms with van der Waals surface area (Å²) in [6.45, 7) is 6.13. The molecule has 22 heavy (non-hydrogen) atoms.